The fourth-order valence-electron chi connectivity index (χ4n) is 1.73. The highest BCUT2D eigenvalue weighted by molar-refractivity contribution is 5.82. The molecule has 0 fully saturated rings. The van der Waals surface area contributed by atoms with Crippen LogP contribution in [0, 0.1) is 0 Å². The molecule has 7 heteroatoms. The van der Waals surface area contributed by atoms with Gasteiger partial charge in [0.1, 0.15) is 17.9 Å². The van der Waals surface area contributed by atoms with Gasteiger partial charge in [-0.2, -0.15) is 13.2 Å². The monoisotopic (exact) mass is 302 g/mol. The fraction of sp³-hybridized carbons (Fsp3) is 0.357. The van der Waals surface area contributed by atoms with Gasteiger partial charge in [0.15, 0.2) is 0 Å². The molecule has 0 aliphatic carbocycles. The van der Waals surface area contributed by atoms with Crippen molar-refractivity contribution in [3.63, 3.8) is 0 Å². The maximum atomic E-state index is 12.9. The van der Waals surface area contributed by atoms with E-state index < -0.39 is 23.0 Å². The summed E-state index contributed by atoms with van der Waals surface area (Å²) in [6.07, 6.45) is -4.65. The van der Waals surface area contributed by atoms with E-state index in [4.69, 9.17) is 9.15 Å². The van der Waals surface area contributed by atoms with Crippen molar-refractivity contribution in [1.29, 1.82) is 0 Å². The van der Waals surface area contributed by atoms with Crippen molar-refractivity contribution in [2.75, 3.05) is 6.61 Å². The molecule has 0 atom stereocenters. The van der Waals surface area contributed by atoms with Crippen molar-refractivity contribution in [3.05, 3.63) is 40.2 Å². The average molecular weight is 302 g/mol. The number of alkyl halides is 3. The zero-order valence-corrected chi connectivity index (χ0v) is 11.3. The lowest BCUT2D eigenvalue weighted by atomic mass is 10.1. The highest BCUT2D eigenvalue weighted by Crippen LogP contribution is 2.34. The minimum Gasteiger partial charge on any atom is -0.490 e. The topological polar surface area (TPSA) is 59.7 Å². The summed E-state index contributed by atoms with van der Waals surface area (Å²) < 4.78 is 48.6. The minimum atomic E-state index is -4.65. The Morgan fingerprint density at radius 1 is 1.24 bits per heavy atom. The van der Waals surface area contributed by atoms with Crippen LogP contribution in [-0.2, 0) is 6.18 Å². The summed E-state index contributed by atoms with van der Waals surface area (Å²) >= 11 is 0. The van der Waals surface area contributed by atoms with Crippen molar-refractivity contribution in [1.82, 2.24) is 0 Å². The zero-order valence-electron chi connectivity index (χ0n) is 11.3. The Balaban J connectivity index is 2.47. The molecule has 0 amide bonds. The maximum Gasteiger partial charge on any atom is 0.417 e. The quantitative estimate of drug-likeness (QED) is 0.886. The largest absolute Gasteiger partial charge is 0.490 e. The molecule has 2 aromatic rings. The summed E-state index contributed by atoms with van der Waals surface area (Å²) in [6, 6.07) is 4.10. The van der Waals surface area contributed by atoms with Gasteiger partial charge in [-0.15, -0.1) is 0 Å². The number of hydrogen-bond acceptors (Lipinski definition) is 4. The molecule has 0 aliphatic heterocycles. The minimum absolute atomic E-state index is 0.0539. The van der Waals surface area contributed by atoms with Crippen LogP contribution in [0.5, 0.6) is 5.75 Å². The molecule has 0 aliphatic rings. The van der Waals surface area contributed by atoms with Crippen LogP contribution in [0.15, 0.2) is 33.5 Å². The van der Waals surface area contributed by atoms with Crippen molar-refractivity contribution >= 4 is 11.0 Å². The van der Waals surface area contributed by atoms with Crippen molar-refractivity contribution < 1.29 is 27.4 Å². The molecule has 1 heterocycles. The number of halogens is 3. The lowest BCUT2D eigenvalue weighted by molar-refractivity contribution is -0.136. The standard InChI is InChI=1S/C14H13F3O4/c1-13(2,19)7-20-8-3-4-9-10(14(15,16)17)6-12(18)21-11(9)5-8/h3-6,19H,7H2,1-2H3. The van der Waals surface area contributed by atoms with E-state index >= 15 is 0 Å². The molecular weight excluding hydrogens is 289 g/mol. The fourth-order valence-corrected chi connectivity index (χ4v) is 1.73. The van der Waals surface area contributed by atoms with Gasteiger partial charge in [-0.25, -0.2) is 4.79 Å². The summed E-state index contributed by atoms with van der Waals surface area (Å²) in [7, 11) is 0. The molecule has 0 bridgehead atoms. The van der Waals surface area contributed by atoms with Gasteiger partial charge in [-0.1, -0.05) is 0 Å². The van der Waals surface area contributed by atoms with E-state index in [1.807, 2.05) is 0 Å². The van der Waals surface area contributed by atoms with Gasteiger partial charge < -0.3 is 14.3 Å². The SMILES string of the molecule is CC(C)(O)COc1ccc2c(C(F)(F)F)cc(=O)oc2c1. The molecule has 0 radical (unpaired) electrons. The van der Waals surface area contributed by atoms with Crippen molar-refractivity contribution in [2.45, 2.75) is 25.6 Å². The second-order valence-electron chi connectivity index (χ2n) is 5.24. The number of fused-ring (bicyclic) bond motifs is 1. The number of rotatable bonds is 3. The predicted molar refractivity (Wildman–Crippen MR) is 69.3 cm³/mol. The Morgan fingerprint density at radius 3 is 2.48 bits per heavy atom. The van der Waals surface area contributed by atoms with Gasteiger partial charge in [-0.3, -0.25) is 0 Å². The molecule has 114 valence electrons. The summed E-state index contributed by atoms with van der Waals surface area (Å²) in [6.45, 7) is 2.99. The van der Waals surface area contributed by atoms with E-state index in [0.717, 1.165) is 0 Å². The summed E-state index contributed by atoms with van der Waals surface area (Å²) in [5, 5.41) is 9.32. The van der Waals surface area contributed by atoms with Gasteiger partial charge >= 0.3 is 11.8 Å². The van der Waals surface area contributed by atoms with Crippen LogP contribution in [0.2, 0.25) is 0 Å². The first-order chi connectivity index (χ1) is 9.56. The van der Waals surface area contributed by atoms with Gasteiger partial charge in [0.05, 0.1) is 11.2 Å². The third-order valence-electron chi connectivity index (χ3n) is 2.61. The van der Waals surface area contributed by atoms with Gasteiger partial charge in [0, 0.05) is 17.5 Å². The zero-order chi connectivity index (χ0) is 15.8. The highest BCUT2D eigenvalue weighted by Gasteiger charge is 2.33. The van der Waals surface area contributed by atoms with Gasteiger partial charge in [0.2, 0.25) is 0 Å². The smallest absolute Gasteiger partial charge is 0.417 e. The number of benzene rings is 1. The number of aliphatic hydroxyl groups is 1. The molecule has 0 unspecified atom stereocenters. The maximum absolute atomic E-state index is 12.9. The summed E-state index contributed by atoms with van der Waals surface area (Å²) in [4.78, 5) is 11.2. The summed E-state index contributed by atoms with van der Waals surface area (Å²) in [5.74, 6) is 0.201. The Labute approximate surface area is 117 Å². The molecular formula is C14H13F3O4. The van der Waals surface area contributed by atoms with Crippen molar-refractivity contribution in [3.8, 4) is 5.75 Å². The van der Waals surface area contributed by atoms with E-state index in [1.54, 1.807) is 0 Å². The molecule has 0 saturated carbocycles. The predicted octanol–water partition coefficient (Wildman–Crippen LogP) is 2.96. The van der Waals surface area contributed by atoms with E-state index in [2.05, 4.69) is 0 Å². The van der Waals surface area contributed by atoms with Crippen LogP contribution in [0.1, 0.15) is 19.4 Å². The number of ether oxygens (including phenoxy) is 1. The van der Waals surface area contributed by atoms with Gasteiger partial charge in [-0.05, 0) is 26.0 Å². The lowest BCUT2D eigenvalue weighted by Gasteiger charge is -2.18. The van der Waals surface area contributed by atoms with E-state index in [-0.39, 0.29) is 23.3 Å². The first-order valence-electron chi connectivity index (χ1n) is 6.06. The van der Waals surface area contributed by atoms with E-state index in [0.29, 0.717) is 6.07 Å². The second kappa shape index (κ2) is 5.07. The first kappa shape index (κ1) is 15.4. The first-order valence-corrected chi connectivity index (χ1v) is 6.06. The molecule has 0 spiro atoms. The Morgan fingerprint density at radius 2 is 1.90 bits per heavy atom. The summed E-state index contributed by atoms with van der Waals surface area (Å²) in [5.41, 5.74) is -3.45. The Kier molecular flexibility index (Phi) is 3.71. The molecule has 1 aromatic heterocycles. The van der Waals surface area contributed by atoms with Gasteiger partial charge in [0.25, 0.3) is 0 Å². The van der Waals surface area contributed by atoms with Crippen LogP contribution in [0.25, 0.3) is 11.0 Å². The second-order valence-corrected chi connectivity index (χ2v) is 5.24. The van der Waals surface area contributed by atoms with Crippen LogP contribution < -0.4 is 10.4 Å². The molecule has 2 rings (SSSR count). The van der Waals surface area contributed by atoms with Crippen LogP contribution in [0.3, 0.4) is 0 Å². The molecule has 1 aromatic carbocycles. The average Bonchev–Trinajstić information content (AvgIpc) is 2.32. The lowest BCUT2D eigenvalue weighted by Crippen LogP contribution is -2.27. The molecule has 0 saturated heterocycles. The third kappa shape index (κ3) is 3.75. The van der Waals surface area contributed by atoms with E-state index in [9.17, 15) is 23.1 Å². The Bertz CT molecular complexity index is 711. The molecule has 21 heavy (non-hydrogen) atoms. The molecule has 1 N–H and O–H groups in total. The third-order valence-corrected chi connectivity index (χ3v) is 2.61. The molecule has 4 nitrogen and oxygen atoms in total. The Hall–Kier alpha value is -2.02. The highest BCUT2D eigenvalue weighted by atomic mass is 19.4. The van der Waals surface area contributed by atoms with Crippen LogP contribution in [-0.4, -0.2) is 17.3 Å². The number of hydrogen-bond donors (Lipinski definition) is 1. The van der Waals surface area contributed by atoms with Crippen LogP contribution >= 0.6 is 0 Å². The normalized spacial score (nSPS) is 12.7. The van der Waals surface area contributed by atoms with E-state index in [1.165, 1.54) is 32.0 Å². The van der Waals surface area contributed by atoms with Crippen molar-refractivity contribution in [2.24, 2.45) is 0 Å². The van der Waals surface area contributed by atoms with Crippen LogP contribution in [0.4, 0.5) is 13.2 Å².